The van der Waals surface area contributed by atoms with Crippen LogP contribution in [-0.4, -0.2) is 17.4 Å². The molecule has 3 N–H and O–H groups in total. The molecule has 5 nitrogen and oxygen atoms in total. The molecule has 2 aromatic rings. The molecule has 1 heterocycles. The number of benzene rings is 1. The molecule has 1 aliphatic carbocycles. The van der Waals surface area contributed by atoms with E-state index in [-0.39, 0.29) is 17.9 Å². The second-order valence-corrected chi connectivity index (χ2v) is 6.19. The number of amides is 1. The number of nitrogens with two attached hydrogens (primary N) is 1. The topological polar surface area (TPSA) is 81.2 Å². The van der Waals surface area contributed by atoms with Crippen LogP contribution in [-0.2, 0) is 4.79 Å². The Morgan fingerprint density at radius 3 is 2.91 bits per heavy atom. The lowest BCUT2D eigenvalue weighted by Gasteiger charge is -2.19. The molecule has 1 aromatic heterocycles. The first-order valence-corrected chi connectivity index (χ1v) is 8.20. The van der Waals surface area contributed by atoms with E-state index in [2.05, 4.69) is 10.3 Å². The Hall–Kier alpha value is -2.14. The van der Waals surface area contributed by atoms with Gasteiger partial charge in [0.15, 0.2) is 5.76 Å². The predicted octanol–water partition coefficient (Wildman–Crippen LogP) is 2.89. The number of aromatic nitrogens is 1. The van der Waals surface area contributed by atoms with Gasteiger partial charge in [-0.25, -0.2) is 4.98 Å². The van der Waals surface area contributed by atoms with E-state index in [4.69, 9.17) is 10.2 Å². The molecule has 0 spiro atoms. The van der Waals surface area contributed by atoms with E-state index in [0.717, 1.165) is 24.8 Å². The van der Waals surface area contributed by atoms with Crippen LogP contribution in [0.5, 0.6) is 0 Å². The molecule has 23 heavy (non-hydrogen) atoms. The number of carbonyl (C=O) groups excluding carboxylic acids is 1. The molecular weight excluding hydrogens is 290 g/mol. The van der Waals surface area contributed by atoms with Crippen molar-refractivity contribution in [2.75, 3.05) is 6.54 Å². The normalized spacial score (nSPS) is 22.0. The van der Waals surface area contributed by atoms with Crippen molar-refractivity contribution in [2.24, 2.45) is 17.6 Å². The minimum atomic E-state index is -0.251. The molecule has 1 saturated carbocycles. The fraction of sp³-hybridized carbons (Fsp3) is 0.444. The average molecular weight is 313 g/mol. The molecule has 5 heteroatoms. The quantitative estimate of drug-likeness (QED) is 0.889. The van der Waals surface area contributed by atoms with Crippen LogP contribution in [0.4, 0.5) is 0 Å². The molecule has 3 atom stereocenters. The third-order valence-electron chi connectivity index (χ3n) is 4.61. The number of hydrogen-bond donors (Lipinski definition) is 2. The van der Waals surface area contributed by atoms with E-state index in [1.54, 1.807) is 6.20 Å². The minimum Gasteiger partial charge on any atom is -0.438 e. The molecule has 0 radical (unpaired) electrons. The van der Waals surface area contributed by atoms with Gasteiger partial charge in [-0.2, -0.15) is 0 Å². The number of oxazole rings is 1. The van der Waals surface area contributed by atoms with Gasteiger partial charge in [0.05, 0.1) is 6.20 Å². The molecule has 0 saturated heterocycles. The van der Waals surface area contributed by atoms with Crippen molar-refractivity contribution in [1.82, 2.24) is 10.3 Å². The molecule has 0 aliphatic heterocycles. The standard InChI is InChI=1S/C18H23N3O2/c1-12(21-17(22)15-9-5-8-14(15)10-19)18-20-11-16(23-18)13-6-3-2-4-7-13/h2-4,6-7,11-12,14-15H,5,8-10,19H2,1H3,(H,21,22)/t12?,14-,15-/m1/s1. The van der Waals surface area contributed by atoms with Crippen molar-refractivity contribution in [3.8, 4) is 11.3 Å². The molecule has 122 valence electrons. The van der Waals surface area contributed by atoms with Gasteiger partial charge in [0.25, 0.3) is 0 Å². The summed E-state index contributed by atoms with van der Waals surface area (Å²) in [4.78, 5) is 16.7. The highest BCUT2D eigenvalue weighted by atomic mass is 16.4. The second-order valence-electron chi connectivity index (χ2n) is 6.19. The van der Waals surface area contributed by atoms with Crippen molar-refractivity contribution in [3.05, 3.63) is 42.4 Å². The number of hydrogen-bond acceptors (Lipinski definition) is 4. The maximum atomic E-state index is 12.4. The van der Waals surface area contributed by atoms with Crippen molar-refractivity contribution in [3.63, 3.8) is 0 Å². The summed E-state index contributed by atoms with van der Waals surface area (Å²) in [5.41, 5.74) is 6.74. The SMILES string of the molecule is CC(NC(=O)[C@@H]1CCC[C@@H]1CN)c1ncc(-c2ccccc2)o1. The van der Waals surface area contributed by atoms with Crippen molar-refractivity contribution < 1.29 is 9.21 Å². The minimum absolute atomic E-state index is 0.0194. The second kappa shape index (κ2) is 6.96. The van der Waals surface area contributed by atoms with Gasteiger partial charge in [0.2, 0.25) is 11.8 Å². The first-order chi connectivity index (χ1) is 11.2. The van der Waals surface area contributed by atoms with E-state index in [1.165, 1.54) is 0 Å². The van der Waals surface area contributed by atoms with Crippen LogP contribution in [0.15, 0.2) is 40.9 Å². The summed E-state index contributed by atoms with van der Waals surface area (Å²) in [6.07, 6.45) is 4.73. The van der Waals surface area contributed by atoms with Crippen LogP contribution in [0, 0.1) is 11.8 Å². The lowest BCUT2D eigenvalue weighted by atomic mass is 9.95. The smallest absolute Gasteiger partial charge is 0.224 e. The molecular formula is C18H23N3O2. The Bertz CT molecular complexity index is 653. The fourth-order valence-corrected chi connectivity index (χ4v) is 3.27. The number of rotatable bonds is 5. The predicted molar refractivity (Wildman–Crippen MR) is 88.4 cm³/mol. The van der Waals surface area contributed by atoms with Gasteiger partial charge in [-0.15, -0.1) is 0 Å². The maximum absolute atomic E-state index is 12.4. The molecule has 0 bridgehead atoms. The van der Waals surface area contributed by atoms with Gasteiger partial charge in [0, 0.05) is 11.5 Å². The van der Waals surface area contributed by atoms with E-state index in [9.17, 15) is 4.79 Å². The van der Waals surface area contributed by atoms with Gasteiger partial charge >= 0.3 is 0 Å². The van der Waals surface area contributed by atoms with Crippen LogP contribution in [0.25, 0.3) is 11.3 Å². The van der Waals surface area contributed by atoms with Crippen LogP contribution < -0.4 is 11.1 Å². The van der Waals surface area contributed by atoms with Crippen LogP contribution in [0.2, 0.25) is 0 Å². The summed E-state index contributed by atoms with van der Waals surface area (Å²) < 4.78 is 5.80. The van der Waals surface area contributed by atoms with E-state index < -0.39 is 0 Å². The van der Waals surface area contributed by atoms with E-state index in [0.29, 0.717) is 24.1 Å². The Morgan fingerprint density at radius 1 is 1.39 bits per heavy atom. The van der Waals surface area contributed by atoms with Gasteiger partial charge < -0.3 is 15.5 Å². The van der Waals surface area contributed by atoms with Crippen molar-refractivity contribution >= 4 is 5.91 Å². The first-order valence-electron chi connectivity index (χ1n) is 8.20. The highest BCUT2D eigenvalue weighted by molar-refractivity contribution is 5.79. The molecule has 1 aliphatic rings. The summed E-state index contributed by atoms with van der Waals surface area (Å²) in [6.45, 7) is 2.47. The average Bonchev–Trinajstić information content (AvgIpc) is 3.24. The lowest BCUT2D eigenvalue weighted by Crippen LogP contribution is -2.36. The molecule has 1 fully saturated rings. The zero-order valence-electron chi connectivity index (χ0n) is 13.4. The lowest BCUT2D eigenvalue weighted by molar-refractivity contribution is -0.126. The zero-order chi connectivity index (χ0) is 16.2. The molecule has 3 rings (SSSR count). The van der Waals surface area contributed by atoms with Crippen LogP contribution >= 0.6 is 0 Å². The maximum Gasteiger partial charge on any atom is 0.224 e. The highest BCUT2D eigenvalue weighted by Gasteiger charge is 2.33. The Morgan fingerprint density at radius 2 is 2.17 bits per heavy atom. The fourth-order valence-electron chi connectivity index (χ4n) is 3.27. The summed E-state index contributed by atoms with van der Waals surface area (Å²) >= 11 is 0. The van der Waals surface area contributed by atoms with Crippen LogP contribution in [0.1, 0.15) is 38.1 Å². The monoisotopic (exact) mass is 313 g/mol. The first kappa shape index (κ1) is 15.7. The van der Waals surface area contributed by atoms with Gasteiger partial charge in [0.1, 0.15) is 6.04 Å². The van der Waals surface area contributed by atoms with Gasteiger partial charge in [-0.1, -0.05) is 36.8 Å². The van der Waals surface area contributed by atoms with E-state index in [1.807, 2.05) is 37.3 Å². The molecule has 1 unspecified atom stereocenters. The van der Waals surface area contributed by atoms with E-state index >= 15 is 0 Å². The van der Waals surface area contributed by atoms with Gasteiger partial charge in [-0.05, 0) is 32.2 Å². The summed E-state index contributed by atoms with van der Waals surface area (Å²) in [5, 5.41) is 3.02. The number of nitrogens with zero attached hydrogens (tertiary/aromatic N) is 1. The number of carbonyl (C=O) groups is 1. The Labute approximate surface area is 136 Å². The third-order valence-corrected chi connectivity index (χ3v) is 4.61. The van der Waals surface area contributed by atoms with Crippen LogP contribution in [0.3, 0.4) is 0 Å². The summed E-state index contributed by atoms with van der Waals surface area (Å²) in [7, 11) is 0. The third kappa shape index (κ3) is 3.45. The highest BCUT2D eigenvalue weighted by Crippen LogP contribution is 2.31. The van der Waals surface area contributed by atoms with Crippen molar-refractivity contribution in [2.45, 2.75) is 32.2 Å². The summed E-state index contributed by atoms with van der Waals surface area (Å²) in [5.74, 6) is 1.62. The largest absolute Gasteiger partial charge is 0.438 e. The Balaban J connectivity index is 1.66. The molecule has 1 aromatic carbocycles. The Kier molecular flexibility index (Phi) is 4.76. The van der Waals surface area contributed by atoms with Gasteiger partial charge in [-0.3, -0.25) is 4.79 Å². The molecule has 1 amide bonds. The van der Waals surface area contributed by atoms with Crippen molar-refractivity contribution in [1.29, 1.82) is 0 Å². The zero-order valence-corrected chi connectivity index (χ0v) is 13.4. The number of nitrogens with one attached hydrogen (secondary N) is 1. The summed E-state index contributed by atoms with van der Waals surface area (Å²) in [6, 6.07) is 9.56.